The summed E-state index contributed by atoms with van der Waals surface area (Å²) in [7, 11) is -1.94. The van der Waals surface area contributed by atoms with Gasteiger partial charge >= 0.3 is 14.0 Å². The maximum Gasteiger partial charge on any atom is 0.346 e. The number of benzene rings is 4. The summed E-state index contributed by atoms with van der Waals surface area (Å²) in [6.45, 7) is 16.0. The average Bonchev–Trinajstić information content (AvgIpc) is 3.90. The lowest BCUT2D eigenvalue weighted by Crippen LogP contribution is -2.61. The molecule has 4 nitrogen and oxygen atoms in total. The summed E-state index contributed by atoms with van der Waals surface area (Å²) in [5.74, 6) is 0. The van der Waals surface area contributed by atoms with E-state index in [1.807, 2.05) is 0 Å². The molecule has 0 bridgehead atoms. The zero-order valence-corrected chi connectivity index (χ0v) is 28.5. The molecule has 5 aliphatic rings. The Labute approximate surface area is 272 Å². The van der Waals surface area contributed by atoms with Gasteiger partial charge in [0.1, 0.15) is 8.07 Å². The van der Waals surface area contributed by atoms with Gasteiger partial charge in [-0.2, -0.15) is 0 Å². The van der Waals surface area contributed by atoms with Crippen molar-refractivity contribution in [3.8, 4) is 11.1 Å². The van der Waals surface area contributed by atoms with Crippen molar-refractivity contribution < 1.29 is 0 Å². The standard InChI is InChI=1S/C38H48B2N4Si/c1-45(2)36-13-11-12-33-34-27-30(39(41-18-3-4-19-41)42-20-5-6-21-42)15-14-29(34)26-35(38(33)36)32-17-16-31(28-37(32)45)40(43-22-7-8-23-43)44-24-9-10-25-44/h11-17,26-28H,3-10,18-25H2,1-2H3. The van der Waals surface area contributed by atoms with Crippen molar-refractivity contribution in [2.75, 3.05) is 52.4 Å². The summed E-state index contributed by atoms with van der Waals surface area (Å²) in [5, 5.41) is 9.11. The van der Waals surface area contributed by atoms with Gasteiger partial charge in [-0.25, -0.2) is 0 Å². The Kier molecular flexibility index (Phi) is 7.28. The largest absolute Gasteiger partial charge is 0.346 e. The van der Waals surface area contributed by atoms with Gasteiger partial charge in [0.15, 0.2) is 0 Å². The lowest BCUT2D eigenvalue weighted by atomic mass is 9.63. The minimum absolute atomic E-state index is 0.425. The summed E-state index contributed by atoms with van der Waals surface area (Å²) >= 11 is 0. The highest BCUT2D eigenvalue weighted by Gasteiger charge is 2.40. The lowest BCUT2D eigenvalue weighted by Gasteiger charge is -2.37. The van der Waals surface area contributed by atoms with Crippen molar-refractivity contribution in [3.63, 3.8) is 0 Å². The summed E-state index contributed by atoms with van der Waals surface area (Å²) in [6.07, 6.45) is 10.7. The molecule has 0 atom stereocenters. The van der Waals surface area contributed by atoms with Crippen LogP contribution in [0.25, 0.3) is 32.7 Å². The molecule has 0 N–H and O–H groups in total. The molecule has 4 fully saturated rings. The Hall–Kier alpha value is -2.41. The van der Waals surface area contributed by atoms with Gasteiger partial charge in [-0.1, -0.05) is 67.7 Å². The van der Waals surface area contributed by atoms with E-state index < -0.39 is 8.07 Å². The summed E-state index contributed by atoms with van der Waals surface area (Å²) in [6, 6.07) is 25.0. The summed E-state index contributed by atoms with van der Waals surface area (Å²) < 4.78 is 0. The molecular formula is C38H48B2N4Si. The van der Waals surface area contributed by atoms with E-state index in [9.17, 15) is 0 Å². The van der Waals surface area contributed by atoms with Crippen LogP contribution in [0.4, 0.5) is 0 Å². The van der Waals surface area contributed by atoms with E-state index in [0.717, 1.165) is 0 Å². The van der Waals surface area contributed by atoms with E-state index in [1.165, 1.54) is 147 Å². The molecule has 0 amide bonds. The zero-order valence-electron chi connectivity index (χ0n) is 27.5. The SMILES string of the molecule is C[Si]1(C)c2cc(B(N3CCCC3)N3CCCC3)ccc2-c2cc3ccc(B(N4CCCC4)N4CCCC4)cc3c3cccc1c23. The normalized spacial score (nSPS) is 22.2. The molecule has 0 unspecified atom stereocenters. The number of hydrogen-bond acceptors (Lipinski definition) is 4. The number of rotatable bonds is 6. The topological polar surface area (TPSA) is 13.0 Å². The first-order valence-corrected chi connectivity index (χ1v) is 21.2. The highest BCUT2D eigenvalue weighted by molar-refractivity contribution is 7.03. The van der Waals surface area contributed by atoms with Crippen molar-refractivity contribution in [2.45, 2.75) is 64.5 Å². The van der Waals surface area contributed by atoms with Gasteiger partial charge in [-0.15, -0.1) is 0 Å². The second-order valence-electron chi connectivity index (χ2n) is 15.3. The summed E-state index contributed by atoms with van der Waals surface area (Å²) in [5.41, 5.74) is 6.00. The molecule has 230 valence electrons. The third-order valence-corrected chi connectivity index (χ3v) is 15.7. The van der Waals surface area contributed by atoms with Crippen LogP contribution in [0.15, 0.2) is 60.7 Å². The van der Waals surface area contributed by atoms with Crippen molar-refractivity contribution in [3.05, 3.63) is 60.7 Å². The smallest absolute Gasteiger partial charge is 0.324 e. The third kappa shape index (κ3) is 4.71. The lowest BCUT2D eigenvalue weighted by molar-refractivity contribution is 0.436. The van der Waals surface area contributed by atoms with E-state index >= 15 is 0 Å². The Morgan fingerprint density at radius 2 is 1.00 bits per heavy atom. The van der Waals surface area contributed by atoms with E-state index in [-0.39, 0.29) is 0 Å². The molecule has 4 aromatic carbocycles. The minimum Gasteiger partial charge on any atom is -0.324 e. The van der Waals surface area contributed by atoms with Gasteiger partial charge in [0.2, 0.25) is 0 Å². The van der Waals surface area contributed by atoms with Crippen molar-refractivity contribution in [2.24, 2.45) is 0 Å². The van der Waals surface area contributed by atoms with Crippen molar-refractivity contribution >= 4 is 64.9 Å². The quantitative estimate of drug-likeness (QED) is 0.235. The Morgan fingerprint density at radius 3 is 1.56 bits per heavy atom. The maximum absolute atomic E-state index is 2.78. The van der Waals surface area contributed by atoms with Gasteiger partial charge in [0.25, 0.3) is 0 Å². The predicted molar refractivity (Wildman–Crippen MR) is 198 cm³/mol. The number of hydrogen-bond donors (Lipinski definition) is 0. The molecule has 0 aliphatic carbocycles. The monoisotopic (exact) mass is 610 g/mol. The minimum atomic E-state index is -1.94. The Balaban J connectivity index is 1.19. The highest BCUT2D eigenvalue weighted by atomic mass is 28.3. The average molecular weight is 611 g/mol. The van der Waals surface area contributed by atoms with Crippen LogP contribution in [0.2, 0.25) is 13.1 Å². The third-order valence-electron chi connectivity index (χ3n) is 12.2. The van der Waals surface area contributed by atoms with E-state index in [4.69, 9.17) is 0 Å². The zero-order chi connectivity index (χ0) is 30.1. The fraction of sp³-hybridized carbons (Fsp3) is 0.474. The first-order chi connectivity index (χ1) is 22.1. The fourth-order valence-electron chi connectivity index (χ4n) is 9.99. The molecule has 4 aromatic rings. The predicted octanol–water partition coefficient (Wildman–Crippen LogP) is 4.57. The Morgan fingerprint density at radius 1 is 0.489 bits per heavy atom. The summed E-state index contributed by atoms with van der Waals surface area (Å²) in [4.78, 5) is 11.1. The van der Waals surface area contributed by atoms with Crippen LogP contribution in [-0.4, -0.2) is 93.6 Å². The van der Waals surface area contributed by atoms with E-state index in [2.05, 4.69) is 93.0 Å². The van der Waals surface area contributed by atoms with Crippen LogP contribution in [0, 0.1) is 0 Å². The van der Waals surface area contributed by atoms with Crippen LogP contribution >= 0.6 is 0 Å². The fourth-order valence-corrected chi connectivity index (χ4v) is 13.1. The van der Waals surface area contributed by atoms with Gasteiger partial charge in [-0.05, 0) is 164 Å². The Bertz CT molecular complexity index is 1720. The number of fused-ring (bicyclic) bond motifs is 4. The molecule has 9 rings (SSSR count). The highest BCUT2D eigenvalue weighted by Crippen LogP contribution is 2.38. The molecule has 7 heteroatoms. The van der Waals surface area contributed by atoms with Gasteiger partial charge in [0, 0.05) is 0 Å². The molecule has 0 radical (unpaired) electrons. The molecule has 0 saturated carbocycles. The molecule has 0 spiro atoms. The first kappa shape index (κ1) is 28.8. The van der Waals surface area contributed by atoms with Crippen LogP contribution in [0.3, 0.4) is 0 Å². The van der Waals surface area contributed by atoms with Crippen molar-refractivity contribution in [1.82, 2.24) is 19.2 Å². The maximum atomic E-state index is 2.78. The van der Waals surface area contributed by atoms with E-state index in [1.54, 1.807) is 10.4 Å². The molecule has 45 heavy (non-hydrogen) atoms. The molecule has 0 aromatic heterocycles. The van der Waals surface area contributed by atoms with Gasteiger partial charge in [0.05, 0.1) is 0 Å². The number of nitrogens with zero attached hydrogens (tertiary/aromatic N) is 4. The molecule has 5 aliphatic heterocycles. The van der Waals surface area contributed by atoms with Crippen LogP contribution < -0.4 is 21.3 Å². The molecule has 5 heterocycles. The van der Waals surface area contributed by atoms with Crippen LogP contribution in [0.5, 0.6) is 0 Å². The first-order valence-electron chi connectivity index (χ1n) is 18.2. The second kappa shape index (κ2) is 11.4. The van der Waals surface area contributed by atoms with E-state index in [0.29, 0.717) is 14.0 Å². The van der Waals surface area contributed by atoms with Crippen LogP contribution in [-0.2, 0) is 0 Å². The molecule has 4 saturated heterocycles. The van der Waals surface area contributed by atoms with Crippen LogP contribution in [0.1, 0.15) is 51.4 Å². The van der Waals surface area contributed by atoms with Gasteiger partial charge in [-0.3, -0.25) is 0 Å². The second-order valence-corrected chi connectivity index (χ2v) is 19.6. The van der Waals surface area contributed by atoms with Crippen molar-refractivity contribution in [1.29, 1.82) is 0 Å². The van der Waals surface area contributed by atoms with Gasteiger partial charge < -0.3 is 19.2 Å². The molecular weight excluding hydrogens is 562 g/mol.